The van der Waals surface area contributed by atoms with Gasteiger partial charge in [0.05, 0.1) is 18.1 Å². The Bertz CT molecular complexity index is 784. The van der Waals surface area contributed by atoms with Crippen LogP contribution in [0.25, 0.3) is 0 Å². The van der Waals surface area contributed by atoms with Crippen LogP contribution < -0.4 is 11.1 Å². The first-order valence-corrected chi connectivity index (χ1v) is 10.5. The highest BCUT2D eigenvalue weighted by molar-refractivity contribution is 5.88. The van der Waals surface area contributed by atoms with E-state index < -0.39 is 11.6 Å². The third-order valence-corrected chi connectivity index (χ3v) is 7.31. The lowest BCUT2D eigenvalue weighted by atomic mass is 9.51. The van der Waals surface area contributed by atoms with Crippen molar-refractivity contribution in [3.05, 3.63) is 35.4 Å². The van der Waals surface area contributed by atoms with E-state index in [-0.39, 0.29) is 23.8 Å². The summed E-state index contributed by atoms with van der Waals surface area (Å²) >= 11 is 0. The minimum Gasteiger partial charge on any atom is -0.390 e. The summed E-state index contributed by atoms with van der Waals surface area (Å²) in [5.41, 5.74) is 7.50. The van der Waals surface area contributed by atoms with Crippen LogP contribution in [0.15, 0.2) is 24.3 Å². The molecule has 1 aromatic rings. The minimum absolute atomic E-state index is 0.00118. The van der Waals surface area contributed by atoms with E-state index in [0.29, 0.717) is 31.3 Å². The van der Waals surface area contributed by atoms with Crippen molar-refractivity contribution in [2.75, 3.05) is 0 Å². The number of fused-ring (bicyclic) bond motifs is 1. The highest BCUT2D eigenvalue weighted by Gasteiger charge is 2.57. The average molecular weight is 383 g/mol. The van der Waals surface area contributed by atoms with Crippen LogP contribution >= 0.6 is 0 Å². The van der Waals surface area contributed by atoms with Crippen molar-refractivity contribution in [2.24, 2.45) is 17.6 Å². The highest BCUT2D eigenvalue weighted by atomic mass is 16.3. The molecule has 1 aromatic carbocycles. The van der Waals surface area contributed by atoms with Gasteiger partial charge in [-0.15, -0.1) is 0 Å². The lowest BCUT2D eigenvalue weighted by Gasteiger charge is -2.60. The van der Waals surface area contributed by atoms with E-state index in [1.54, 1.807) is 4.90 Å². The van der Waals surface area contributed by atoms with E-state index in [1.165, 1.54) is 6.42 Å². The summed E-state index contributed by atoms with van der Waals surface area (Å²) in [6.45, 7) is 1.12. The zero-order valence-electron chi connectivity index (χ0n) is 16.2. The summed E-state index contributed by atoms with van der Waals surface area (Å²) in [7, 11) is 0. The van der Waals surface area contributed by atoms with E-state index in [2.05, 4.69) is 5.32 Å². The van der Waals surface area contributed by atoms with E-state index in [9.17, 15) is 14.7 Å². The maximum atomic E-state index is 12.7. The summed E-state index contributed by atoms with van der Waals surface area (Å²) in [6.07, 6.45) is 5.45. The first kappa shape index (κ1) is 18.1. The molecule has 4 saturated carbocycles. The third kappa shape index (κ3) is 3.12. The second-order valence-corrected chi connectivity index (χ2v) is 9.79. The Morgan fingerprint density at radius 3 is 2.32 bits per heavy atom. The van der Waals surface area contributed by atoms with Gasteiger partial charge in [0.25, 0.3) is 0 Å². The highest BCUT2D eigenvalue weighted by Crippen LogP contribution is 2.57. The molecule has 150 valence electrons. The minimum atomic E-state index is -0.827. The fourth-order valence-electron chi connectivity index (χ4n) is 6.72. The molecular weight excluding hydrogens is 354 g/mol. The average Bonchev–Trinajstić information content (AvgIpc) is 3.02. The third-order valence-electron chi connectivity index (χ3n) is 7.31. The van der Waals surface area contributed by atoms with Gasteiger partial charge < -0.3 is 21.1 Å². The number of rotatable bonds is 4. The van der Waals surface area contributed by atoms with Crippen LogP contribution in [-0.4, -0.2) is 39.0 Å². The van der Waals surface area contributed by atoms with Crippen molar-refractivity contribution in [3.63, 3.8) is 0 Å². The number of carbonyl (C=O) groups excluding carboxylic acids is 2. The number of benzene rings is 1. The van der Waals surface area contributed by atoms with Gasteiger partial charge in [0.1, 0.15) is 0 Å². The molecule has 5 atom stereocenters. The van der Waals surface area contributed by atoms with Crippen LogP contribution in [-0.2, 0) is 22.7 Å². The van der Waals surface area contributed by atoms with Gasteiger partial charge in [-0.05, 0) is 61.5 Å². The number of hydrogen-bond acceptors (Lipinski definition) is 4. The van der Waals surface area contributed by atoms with Gasteiger partial charge in [0.2, 0.25) is 11.8 Å². The number of aliphatic hydroxyl groups is 1. The fraction of sp³-hybridized carbons (Fsp3) is 0.636. The van der Waals surface area contributed by atoms with Gasteiger partial charge in [-0.1, -0.05) is 24.3 Å². The van der Waals surface area contributed by atoms with Crippen LogP contribution in [0.1, 0.15) is 56.1 Å². The van der Waals surface area contributed by atoms with Gasteiger partial charge in [0, 0.05) is 18.6 Å². The van der Waals surface area contributed by atoms with Gasteiger partial charge in [-0.3, -0.25) is 9.59 Å². The van der Waals surface area contributed by atoms with Gasteiger partial charge in [-0.25, -0.2) is 0 Å². The maximum absolute atomic E-state index is 12.7. The van der Waals surface area contributed by atoms with Crippen molar-refractivity contribution < 1.29 is 14.7 Å². The molecule has 0 aromatic heterocycles. The van der Waals surface area contributed by atoms with Crippen LogP contribution in [0.4, 0.5) is 0 Å². The molecule has 6 nitrogen and oxygen atoms in total. The van der Waals surface area contributed by atoms with Gasteiger partial charge >= 0.3 is 0 Å². The maximum Gasteiger partial charge on any atom is 0.240 e. The first-order chi connectivity index (χ1) is 13.3. The predicted molar refractivity (Wildman–Crippen MR) is 104 cm³/mol. The van der Waals surface area contributed by atoms with Crippen LogP contribution in [0.5, 0.6) is 0 Å². The second kappa shape index (κ2) is 6.29. The van der Waals surface area contributed by atoms with E-state index in [4.69, 9.17) is 5.73 Å². The Balaban J connectivity index is 1.20. The molecule has 1 heterocycles. The monoisotopic (exact) mass is 383 g/mol. The van der Waals surface area contributed by atoms with Crippen molar-refractivity contribution in [2.45, 2.75) is 75.2 Å². The second-order valence-electron chi connectivity index (χ2n) is 9.79. The number of nitrogens with one attached hydrogen (secondary N) is 1. The van der Waals surface area contributed by atoms with Crippen molar-refractivity contribution in [1.82, 2.24) is 10.2 Å². The number of amides is 2. The summed E-state index contributed by atoms with van der Waals surface area (Å²) < 4.78 is 0. The Morgan fingerprint density at radius 1 is 1.14 bits per heavy atom. The number of nitrogens with zero attached hydrogens (tertiary/aromatic N) is 1. The quantitative estimate of drug-likeness (QED) is 0.733. The van der Waals surface area contributed by atoms with Crippen molar-refractivity contribution in [3.8, 4) is 0 Å². The van der Waals surface area contributed by atoms with Crippen LogP contribution in [0.2, 0.25) is 0 Å². The number of nitrogens with two attached hydrogens (primary N) is 1. The SMILES string of the molecule is N[C@@H](CC(=O)NC12C[C@@H]3C[C@@H](CC(O)(C3)C1)C2)C(=O)N1Cc2ccccc2C1. The van der Waals surface area contributed by atoms with Crippen LogP contribution in [0, 0.1) is 11.8 Å². The molecule has 6 heteroatoms. The Morgan fingerprint density at radius 2 is 1.75 bits per heavy atom. The molecule has 4 aliphatic carbocycles. The number of hydrogen-bond donors (Lipinski definition) is 3. The predicted octanol–water partition coefficient (Wildman–Crippen LogP) is 1.45. The molecule has 4 bridgehead atoms. The molecule has 0 saturated heterocycles. The zero-order chi connectivity index (χ0) is 19.5. The summed E-state index contributed by atoms with van der Waals surface area (Å²) in [5, 5.41) is 14.0. The fourth-order valence-corrected chi connectivity index (χ4v) is 6.72. The Kier molecular flexibility index (Phi) is 4.07. The van der Waals surface area contributed by atoms with E-state index in [1.807, 2.05) is 24.3 Å². The number of carbonyl (C=O) groups is 2. The molecule has 2 amide bonds. The van der Waals surface area contributed by atoms with E-state index in [0.717, 1.165) is 36.8 Å². The smallest absolute Gasteiger partial charge is 0.240 e. The molecule has 1 aliphatic heterocycles. The van der Waals surface area contributed by atoms with Gasteiger partial charge in [0.15, 0.2) is 0 Å². The molecule has 28 heavy (non-hydrogen) atoms. The Labute approximate surface area is 165 Å². The molecule has 0 spiro atoms. The lowest BCUT2D eigenvalue weighted by Crippen LogP contribution is -2.65. The molecule has 4 fully saturated rings. The molecule has 2 unspecified atom stereocenters. The van der Waals surface area contributed by atoms with Crippen LogP contribution in [0.3, 0.4) is 0 Å². The van der Waals surface area contributed by atoms with Gasteiger partial charge in [-0.2, -0.15) is 0 Å². The normalized spacial score (nSPS) is 36.3. The molecule has 6 rings (SSSR count). The molecule has 4 N–H and O–H groups in total. The standard InChI is InChI=1S/C22H29N3O3/c23-18(20(27)25-11-16-3-1-2-4-17(16)12-25)6-19(26)24-21-7-14-5-15(8-21)10-22(28,9-14)13-21/h1-4,14-15,18,28H,5-13,23H2,(H,24,26)/t14-,15+,18-,21?,22?/m0/s1. The zero-order valence-corrected chi connectivity index (χ0v) is 16.2. The Hall–Kier alpha value is -1.92. The molecular formula is C22H29N3O3. The molecule has 5 aliphatic rings. The summed E-state index contributed by atoms with van der Waals surface area (Å²) in [6, 6.07) is 7.17. The molecule has 0 radical (unpaired) electrons. The largest absolute Gasteiger partial charge is 0.390 e. The van der Waals surface area contributed by atoms with Crippen molar-refractivity contribution >= 4 is 11.8 Å². The lowest BCUT2D eigenvalue weighted by molar-refractivity contribution is -0.152. The first-order valence-electron chi connectivity index (χ1n) is 10.5. The topological polar surface area (TPSA) is 95.7 Å². The summed E-state index contributed by atoms with van der Waals surface area (Å²) in [4.78, 5) is 27.2. The summed E-state index contributed by atoms with van der Waals surface area (Å²) in [5.74, 6) is 0.675. The van der Waals surface area contributed by atoms with Crippen molar-refractivity contribution in [1.29, 1.82) is 0 Å². The van der Waals surface area contributed by atoms with E-state index >= 15 is 0 Å².